The first-order chi connectivity index (χ1) is 9.72. The Labute approximate surface area is 117 Å². The predicted octanol–water partition coefficient (Wildman–Crippen LogP) is 2.32. The second-order valence-corrected chi connectivity index (χ2v) is 5.49. The van der Waals surface area contributed by atoms with Crippen LogP contribution in [0.15, 0.2) is 24.3 Å². The summed E-state index contributed by atoms with van der Waals surface area (Å²) in [4.78, 5) is 13.8. The Hall–Kier alpha value is -1.62. The van der Waals surface area contributed by atoms with E-state index >= 15 is 0 Å². The number of rotatable bonds is 3. The number of carbonyl (C=O) groups is 1. The lowest BCUT2D eigenvalue weighted by Gasteiger charge is -2.33. The van der Waals surface area contributed by atoms with Crippen molar-refractivity contribution in [3.05, 3.63) is 35.6 Å². The zero-order valence-electron chi connectivity index (χ0n) is 11.3. The van der Waals surface area contributed by atoms with Crippen molar-refractivity contribution in [1.29, 1.82) is 0 Å². The molecule has 1 atom stereocenters. The van der Waals surface area contributed by atoms with Crippen molar-refractivity contribution in [2.24, 2.45) is 5.92 Å². The van der Waals surface area contributed by atoms with Crippen LogP contribution in [0.25, 0.3) is 0 Å². The smallest absolute Gasteiger partial charge is 0.317 e. The highest BCUT2D eigenvalue weighted by Gasteiger charge is 2.27. The molecule has 2 amide bonds. The second-order valence-electron chi connectivity index (χ2n) is 5.49. The minimum atomic E-state index is -0.276. The summed E-state index contributed by atoms with van der Waals surface area (Å²) in [5, 5.41) is 2.96. The molecule has 0 unspecified atom stereocenters. The molecule has 1 aliphatic carbocycles. The summed E-state index contributed by atoms with van der Waals surface area (Å²) >= 11 is 0. The Morgan fingerprint density at radius 2 is 2.30 bits per heavy atom. The molecule has 1 aliphatic heterocycles. The van der Waals surface area contributed by atoms with E-state index in [1.54, 1.807) is 11.0 Å². The quantitative estimate of drug-likeness (QED) is 0.922. The first kappa shape index (κ1) is 13.4. The van der Waals surface area contributed by atoms with Gasteiger partial charge in [-0.15, -0.1) is 0 Å². The van der Waals surface area contributed by atoms with E-state index in [1.807, 2.05) is 6.07 Å². The Morgan fingerprint density at radius 3 is 3.05 bits per heavy atom. The average Bonchev–Trinajstić information content (AvgIpc) is 3.29. The summed E-state index contributed by atoms with van der Waals surface area (Å²) in [6, 6.07) is 6.34. The molecular formula is C15H19FN2O2. The fraction of sp³-hybridized carbons (Fsp3) is 0.533. The molecule has 0 spiro atoms. The minimum absolute atomic E-state index is 0.0402. The summed E-state index contributed by atoms with van der Waals surface area (Å²) in [5.41, 5.74) is 0.782. The molecule has 0 radical (unpaired) electrons. The zero-order valence-corrected chi connectivity index (χ0v) is 11.3. The van der Waals surface area contributed by atoms with Gasteiger partial charge in [-0.05, 0) is 36.5 Å². The van der Waals surface area contributed by atoms with E-state index in [2.05, 4.69) is 5.32 Å². The van der Waals surface area contributed by atoms with Crippen LogP contribution in [0, 0.1) is 11.7 Å². The molecule has 5 heteroatoms. The highest BCUT2D eigenvalue weighted by Crippen LogP contribution is 2.28. The van der Waals surface area contributed by atoms with Gasteiger partial charge in [0, 0.05) is 13.1 Å². The van der Waals surface area contributed by atoms with E-state index in [-0.39, 0.29) is 18.0 Å². The van der Waals surface area contributed by atoms with E-state index in [0.717, 1.165) is 12.1 Å². The minimum Gasteiger partial charge on any atom is -0.370 e. The SMILES string of the molecule is O=C(NCC1CC1)N1CCO[C@H](c2cccc(F)c2)C1. The Kier molecular flexibility index (Phi) is 3.87. The molecule has 2 aliphatic rings. The molecule has 0 bridgehead atoms. The number of amides is 2. The third-order valence-corrected chi connectivity index (χ3v) is 3.81. The number of hydrogen-bond donors (Lipinski definition) is 1. The third kappa shape index (κ3) is 3.28. The third-order valence-electron chi connectivity index (χ3n) is 3.81. The standard InChI is InChI=1S/C15H19FN2O2/c16-13-3-1-2-12(8-13)14-10-18(6-7-20-14)15(19)17-9-11-4-5-11/h1-3,8,11,14H,4-7,9-10H2,(H,17,19)/t14-/m0/s1. The molecule has 1 N–H and O–H groups in total. The van der Waals surface area contributed by atoms with Crippen LogP contribution in [-0.4, -0.2) is 37.2 Å². The second kappa shape index (κ2) is 5.79. The van der Waals surface area contributed by atoms with Gasteiger partial charge in [0.25, 0.3) is 0 Å². The van der Waals surface area contributed by atoms with Gasteiger partial charge < -0.3 is 15.0 Å². The normalized spacial score (nSPS) is 22.6. The average molecular weight is 278 g/mol. The predicted molar refractivity (Wildman–Crippen MR) is 72.8 cm³/mol. The summed E-state index contributed by atoms with van der Waals surface area (Å²) in [7, 11) is 0. The number of nitrogens with one attached hydrogen (secondary N) is 1. The maximum atomic E-state index is 13.2. The summed E-state index contributed by atoms with van der Waals surface area (Å²) in [6.07, 6.45) is 2.19. The first-order valence-electron chi connectivity index (χ1n) is 7.12. The van der Waals surface area contributed by atoms with Crippen LogP contribution in [0.4, 0.5) is 9.18 Å². The van der Waals surface area contributed by atoms with Gasteiger partial charge in [-0.3, -0.25) is 0 Å². The van der Waals surface area contributed by atoms with Crippen molar-refractivity contribution in [3.63, 3.8) is 0 Å². The molecule has 0 aromatic heterocycles. The highest BCUT2D eigenvalue weighted by atomic mass is 19.1. The number of carbonyl (C=O) groups excluding carboxylic acids is 1. The largest absolute Gasteiger partial charge is 0.370 e. The molecule has 2 fully saturated rings. The van der Waals surface area contributed by atoms with Gasteiger partial charge in [0.05, 0.1) is 13.2 Å². The van der Waals surface area contributed by atoms with Gasteiger partial charge in [0.2, 0.25) is 0 Å². The van der Waals surface area contributed by atoms with Crippen LogP contribution in [0.3, 0.4) is 0 Å². The molecule has 3 rings (SSSR count). The van der Waals surface area contributed by atoms with E-state index in [0.29, 0.717) is 25.6 Å². The van der Waals surface area contributed by atoms with Crippen LogP contribution in [0.2, 0.25) is 0 Å². The van der Waals surface area contributed by atoms with E-state index < -0.39 is 0 Å². The Morgan fingerprint density at radius 1 is 1.45 bits per heavy atom. The summed E-state index contributed by atoms with van der Waals surface area (Å²) < 4.78 is 18.9. The van der Waals surface area contributed by atoms with Gasteiger partial charge in [0.15, 0.2) is 0 Å². The molecule has 108 valence electrons. The molecule has 1 aromatic carbocycles. The topological polar surface area (TPSA) is 41.6 Å². The van der Waals surface area contributed by atoms with Crippen molar-refractivity contribution in [1.82, 2.24) is 10.2 Å². The highest BCUT2D eigenvalue weighted by molar-refractivity contribution is 5.74. The van der Waals surface area contributed by atoms with Crippen molar-refractivity contribution in [3.8, 4) is 0 Å². The van der Waals surface area contributed by atoms with Gasteiger partial charge in [-0.1, -0.05) is 12.1 Å². The molecule has 1 aromatic rings. The lowest BCUT2D eigenvalue weighted by molar-refractivity contribution is -0.0155. The maximum absolute atomic E-state index is 13.2. The van der Waals surface area contributed by atoms with Crippen molar-refractivity contribution >= 4 is 6.03 Å². The summed E-state index contributed by atoms with van der Waals surface area (Å²) in [6.45, 7) is 2.31. The number of morpholine rings is 1. The molecule has 4 nitrogen and oxygen atoms in total. The number of urea groups is 1. The lowest BCUT2D eigenvalue weighted by Crippen LogP contribution is -2.47. The number of nitrogens with zero attached hydrogens (tertiary/aromatic N) is 1. The van der Waals surface area contributed by atoms with Crippen LogP contribution >= 0.6 is 0 Å². The number of benzene rings is 1. The van der Waals surface area contributed by atoms with Crippen LogP contribution in [-0.2, 0) is 4.74 Å². The number of ether oxygens (including phenoxy) is 1. The van der Waals surface area contributed by atoms with Gasteiger partial charge in [0.1, 0.15) is 11.9 Å². The van der Waals surface area contributed by atoms with Crippen molar-refractivity contribution in [2.75, 3.05) is 26.2 Å². The maximum Gasteiger partial charge on any atom is 0.317 e. The first-order valence-corrected chi connectivity index (χ1v) is 7.12. The van der Waals surface area contributed by atoms with Gasteiger partial charge in [-0.25, -0.2) is 9.18 Å². The number of hydrogen-bond acceptors (Lipinski definition) is 2. The Balaban J connectivity index is 1.59. The molecule has 1 saturated heterocycles. The van der Waals surface area contributed by atoms with Gasteiger partial charge >= 0.3 is 6.03 Å². The van der Waals surface area contributed by atoms with Crippen LogP contribution in [0.1, 0.15) is 24.5 Å². The zero-order chi connectivity index (χ0) is 13.9. The van der Waals surface area contributed by atoms with E-state index in [4.69, 9.17) is 4.74 Å². The fourth-order valence-electron chi connectivity index (χ4n) is 2.41. The molecule has 1 heterocycles. The van der Waals surface area contributed by atoms with Crippen LogP contribution in [0.5, 0.6) is 0 Å². The number of halogens is 1. The van der Waals surface area contributed by atoms with Crippen molar-refractivity contribution in [2.45, 2.75) is 18.9 Å². The van der Waals surface area contributed by atoms with Gasteiger partial charge in [-0.2, -0.15) is 0 Å². The van der Waals surface area contributed by atoms with Crippen molar-refractivity contribution < 1.29 is 13.9 Å². The van der Waals surface area contributed by atoms with E-state index in [9.17, 15) is 9.18 Å². The monoisotopic (exact) mass is 278 g/mol. The molecule has 1 saturated carbocycles. The Bertz CT molecular complexity index is 491. The molecular weight excluding hydrogens is 259 g/mol. The van der Waals surface area contributed by atoms with Crippen LogP contribution < -0.4 is 5.32 Å². The molecule has 20 heavy (non-hydrogen) atoms. The fourth-order valence-corrected chi connectivity index (χ4v) is 2.41. The lowest BCUT2D eigenvalue weighted by atomic mass is 10.1. The van der Waals surface area contributed by atoms with E-state index in [1.165, 1.54) is 25.0 Å². The summed E-state index contributed by atoms with van der Waals surface area (Å²) in [5.74, 6) is 0.389.